The van der Waals surface area contributed by atoms with Gasteiger partial charge in [0.2, 0.25) is 0 Å². The predicted octanol–water partition coefficient (Wildman–Crippen LogP) is 6.32. The molecule has 0 saturated heterocycles. The Kier molecular flexibility index (Phi) is 7.61. The van der Waals surface area contributed by atoms with Crippen molar-refractivity contribution in [3.8, 4) is 11.1 Å². The van der Waals surface area contributed by atoms with Crippen LogP contribution < -0.4 is 5.32 Å². The molecule has 0 unspecified atom stereocenters. The van der Waals surface area contributed by atoms with Gasteiger partial charge in [-0.2, -0.15) is 18.3 Å². The number of amides is 1. The second-order valence-corrected chi connectivity index (χ2v) is 8.76. The first-order valence-electron chi connectivity index (χ1n) is 11.9. The number of fused-ring (bicyclic) bond motifs is 1. The molecule has 0 fully saturated rings. The second-order valence-electron chi connectivity index (χ2n) is 8.76. The predicted molar refractivity (Wildman–Crippen MR) is 134 cm³/mol. The smallest absolute Gasteiger partial charge is 0.416 e. The number of carboxylic acids is 1. The average Bonchev–Trinajstić information content (AvgIpc) is 3.30. The van der Waals surface area contributed by atoms with E-state index in [1.54, 1.807) is 18.3 Å². The van der Waals surface area contributed by atoms with Crippen molar-refractivity contribution in [2.45, 2.75) is 38.4 Å². The molecule has 2 N–H and O–H groups in total. The fourth-order valence-electron chi connectivity index (χ4n) is 4.28. The summed E-state index contributed by atoms with van der Waals surface area (Å²) in [6.45, 7) is 2.13. The van der Waals surface area contributed by atoms with Gasteiger partial charge >= 0.3 is 12.1 Å². The van der Waals surface area contributed by atoms with E-state index in [0.717, 1.165) is 47.0 Å². The van der Waals surface area contributed by atoms with Crippen molar-refractivity contribution in [3.05, 3.63) is 89.6 Å². The highest BCUT2D eigenvalue weighted by atomic mass is 19.4. The van der Waals surface area contributed by atoms with Crippen LogP contribution in [0.1, 0.15) is 53.7 Å². The summed E-state index contributed by atoms with van der Waals surface area (Å²) in [5, 5.41) is 16.7. The number of carbonyl (C=O) groups is 2. The molecule has 1 amide bonds. The van der Waals surface area contributed by atoms with E-state index in [2.05, 4.69) is 17.3 Å². The number of benzene rings is 3. The van der Waals surface area contributed by atoms with Crippen LogP contribution in [0, 0.1) is 0 Å². The van der Waals surface area contributed by atoms with E-state index in [4.69, 9.17) is 5.11 Å². The SMILES string of the molecule is CCC[C@H](c1ccc(-c2ccc(C(F)(F)F)cc2)cc1)n1ncc2cc(C(=O)NCCC(=O)O)ccc21. The Morgan fingerprint density at radius 1 is 1.00 bits per heavy atom. The van der Waals surface area contributed by atoms with Crippen LogP contribution >= 0.6 is 0 Å². The lowest BCUT2D eigenvalue weighted by atomic mass is 9.97. The fraction of sp³-hybridized carbons (Fsp3) is 0.250. The number of carboxylic acid groups (broad SMARTS) is 1. The van der Waals surface area contributed by atoms with E-state index >= 15 is 0 Å². The molecule has 1 atom stereocenters. The molecule has 192 valence electrons. The third-order valence-electron chi connectivity index (χ3n) is 6.18. The van der Waals surface area contributed by atoms with Crippen molar-refractivity contribution in [1.82, 2.24) is 15.1 Å². The van der Waals surface area contributed by atoms with Crippen LogP contribution in [-0.4, -0.2) is 33.3 Å². The molecule has 4 aromatic rings. The lowest BCUT2D eigenvalue weighted by Crippen LogP contribution is -2.25. The second kappa shape index (κ2) is 10.9. The van der Waals surface area contributed by atoms with Crippen molar-refractivity contribution in [3.63, 3.8) is 0 Å². The maximum Gasteiger partial charge on any atom is 0.416 e. The Bertz CT molecular complexity index is 1390. The molecule has 0 saturated carbocycles. The zero-order chi connectivity index (χ0) is 26.6. The van der Waals surface area contributed by atoms with Crippen LogP contribution in [0.5, 0.6) is 0 Å². The highest BCUT2D eigenvalue weighted by Crippen LogP contribution is 2.32. The quantitative estimate of drug-likeness (QED) is 0.277. The molecule has 6 nitrogen and oxygen atoms in total. The molecule has 0 bridgehead atoms. The molecule has 0 spiro atoms. The summed E-state index contributed by atoms with van der Waals surface area (Å²) in [4.78, 5) is 23.0. The van der Waals surface area contributed by atoms with Crippen LogP contribution in [0.25, 0.3) is 22.0 Å². The zero-order valence-corrected chi connectivity index (χ0v) is 20.1. The minimum absolute atomic E-state index is 0.0481. The maximum atomic E-state index is 12.9. The maximum absolute atomic E-state index is 12.9. The summed E-state index contributed by atoms with van der Waals surface area (Å²) in [5.74, 6) is -1.33. The minimum atomic E-state index is -4.37. The molecule has 9 heteroatoms. The van der Waals surface area contributed by atoms with Gasteiger partial charge in [-0.1, -0.05) is 49.7 Å². The van der Waals surface area contributed by atoms with Gasteiger partial charge in [0.25, 0.3) is 5.91 Å². The van der Waals surface area contributed by atoms with Crippen molar-refractivity contribution >= 4 is 22.8 Å². The van der Waals surface area contributed by atoms with Gasteiger partial charge in [0, 0.05) is 17.5 Å². The normalized spacial score (nSPS) is 12.4. The minimum Gasteiger partial charge on any atom is -0.481 e. The van der Waals surface area contributed by atoms with E-state index in [0.29, 0.717) is 11.1 Å². The highest BCUT2D eigenvalue weighted by molar-refractivity contribution is 5.98. The average molecular weight is 510 g/mol. The largest absolute Gasteiger partial charge is 0.481 e. The van der Waals surface area contributed by atoms with Gasteiger partial charge in [0.15, 0.2) is 0 Å². The molecule has 3 aromatic carbocycles. The van der Waals surface area contributed by atoms with Crippen molar-refractivity contribution < 1.29 is 27.9 Å². The van der Waals surface area contributed by atoms with Crippen molar-refractivity contribution in [1.29, 1.82) is 0 Å². The monoisotopic (exact) mass is 509 g/mol. The van der Waals surface area contributed by atoms with E-state index < -0.39 is 17.7 Å². The molecule has 1 aromatic heterocycles. The number of hydrogen-bond acceptors (Lipinski definition) is 3. The summed E-state index contributed by atoms with van der Waals surface area (Å²) in [6, 6.07) is 18.0. The zero-order valence-electron chi connectivity index (χ0n) is 20.1. The first-order valence-corrected chi connectivity index (χ1v) is 11.9. The Morgan fingerprint density at radius 3 is 2.24 bits per heavy atom. The Labute approximate surface area is 211 Å². The number of alkyl halides is 3. The first-order chi connectivity index (χ1) is 17.7. The van der Waals surface area contributed by atoms with Crippen LogP contribution in [0.4, 0.5) is 13.2 Å². The van der Waals surface area contributed by atoms with Gasteiger partial charge in [0.1, 0.15) is 0 Å². The van der Waals surface area contributed by atoms with Crippen LogP contribution in [0.15, 0.2) is 72.9 Å². The number of nitrogens with zero attached hydrogens (tertiary/aromatic N) is 2. The van der Waals surface area contributed by atoms with Crippen LogP contribution in [-0.2, 0) is 11.0 Å². The number of halogens is 3. The number of hydrogen-bond donors (Lipinski definition) is 2. The summed E-state index contributed by atoms with van der Waals surface area (Å²) >= 11 is 0. The third-order valence-corrected chi connectivity index (χ3v) is 6.18. The van der Waals surface area contributed by atoms with Crippen LogP contribution in [0.2, 0.25) is 0 Å². The highest BCUT2D eigenvalue weighted by Gasteiger charge is 2.30. The molecule has 4 rings (SSSR count). The molecule has 0 aliphatic heterocycles. The molecule has 0 aliphatic carbocycles. The Balaban J connectivity index is 1.56. The molecule has 37 heavy (non-hydrogen) atoms. The van der Waals surface area contributed by atoms with Crippen LogP contribution in [0.3, 0.4) is 0 Å². The molecule has 1 heterocycles. The van der Waals surface area contributed by atoms with E-state index in [1.165, 1.54) is 12.1 Å². The number of carbonyl (C=O) groups excluding carboxylic acids is 1. The van der Waals surface area contributed by atoms with E-state index in [1.807, 2.05) is 35.0 Å². The first kappa shape index (κ1) is 25.9. The van der Waals surface area contributed by atoms with Gasteiger partial charge in [-0.15, -0.1) is 0 Å². The van der Waals surface area contributed by atoms with Gasteiger partial charge in [0.05, 0.1) is 29.7 Å². The molecule has 0 aliphatic rings. The summed E-state index contributed by atoms with van der Waals surface area (Å²) in [6.07, 6.45) is -1.11. The number of rotatable bonds is 9. The van der Waals surface area contributed by atoms with Gasteiger partial charge in [-0.25, -0.2) is 0 Å². The number of aromatic nitrogens is 2. The molecular weight excluding hydrogens is 483 g/mol. The Morgan fingerprint density at radius 2 is 1.65 bits per heavy atom. The van der Waals surface area contributed by atoms with Gasteiger partial charge < -0.3 is 10.4 Å². The fourth-order valence-corrected chi connectivity index (χ4v) is 4.28. The number of aliphatic carboxylic acids is 1. The Hall–Kier alpha value is -4.14. The molecule has 0 radical (unpaired) electrons. The topological polar surface area (TPSA) is 84.2 Å². The standard InChI is InChI=1S/C28H26F3N3O3/c1-2-3-24(20-6-4-18(5-7-20)19-8-11-23(12-9-19)28(29,30)31)34-25-13-10-21(16-22(25)17-33-34)27(37)32-15-14-26(35)36/h4-13,16-17,24H,2-3,14-15H2,1H3,(H,32,37)(H,35,36)/t24-/m1/s1. The lowest BCUT2D eigenvalue weighted by Gasteiger charge is -2.19. The van der Waals surface area contributed by atoms with Gasteiger partial charge in [-0.3, -0.25) is 14.3 Å². The van der Waals surface area contributed by atoms with E-state index in [9.17, 15) is 22.8 Å². The van der Waals surface area contributed by atoms with Crippen molar-refractivity contribution in [2.24, 2.45) is 0 Å². The summed E-state index contributed by atoms with van der Waals surface area (Å²) < 4.78 is 40.5. The van der Waals surface area contributed by atoms with E-state index in [-0.39, 0.29) is 24.9 Å². The van der Waals surface area contributed by atoms with Crippen molar-refractivity contribution in [2.75, 3.05) is 6.54 Å². The third kappa shape index (κ3) is 5.99. The summed E-state index contributed by atoms with van der Waals surface area (Å²) in [5.41, 5.74) is 3.12. The summed E-state index contributed by atoms with van der Waals surface area (Å²) in [7, 11) is 0. The van der Waals surface area contributed by atoms with Gasteiger partial charge in [-0.05, 0) is 53.4 Å². The number of nitrogens with one attached hydrogen (secondary N) is 1. The molecular formula is C28H26F3N3O3. The lowest BCUT2D eigenvalue weighted by molar-refractivity contribution is -0.138.